The fourth-order valence-corrected chi connectivity index (χ4v) is 4.29. The van der Waals surface area contributed by atoms with Crippen LogP contribution in [-0.2, 0) is 19.3 Å². The standard InChI is InChI=1S/C23H22FN3O2/c24-18-8-2-3-9-20(18)27-19-10-5-7-17(19)22(26-27)23(28)25-13-15-12-16-6-1-4-11-21(16)29-14-15/h1-4,6,8-9,11,15H,5,7,10,12-14H2,(H,25,28). The Bertz CT molecular complexity index is 1080. The van der Waals surface area contributed by atoms with Crippen molar-refractivity contribution >= 4 is 5.91 Å². The van der Waals surface area contributed by atoms with Gasteiger partial charge in [0.15, 0.2) is 5.69 Å². The Balaban J connectivity index is 1.33. The zero-order valence-electron chi connectivity index (χ0n) is 16.0. The lowest BCUT2D eigenvalue weighted by Crippen LogP contribution is -2.35. The van der Waals surface area contributed by atoms with Crippen LogP contribution < -0.4 is 10.1 Å². The topological polar surface area (TPSA) is 56.1 Å². The van der Waals surface area contributed by atoms with E-state index in [0.717, 1.165) is 42.7 Å². The minimum Gasteiger partial charge on any atom is -0.493 e. The average molecular weight is 391 g/mol. The van der Waals surface area contributed by atoms with Gasteiger partial charge in [0.25, 0.3) is 5.91 Å². The van der Waals surface area contributed by atoms with E-state index in [2.05, 4.69) is 16.5 Å². The highest BCUT2D eigenvalue weighted by atomic mass is 19.1. The van der Waals surface area contributed by atoms with Gasteiger partial charge in [0, 0.05) is 23.7 Å². The van der Waals surface area contributed by atoms with E-state index in [4.69, 9.17) is 4.74 Å². The van der Waals surface area contributed by atoms with Gasteiger partial charge in [-0.1, -0.05) is 30.3 Å². The van der Waals surface area contributed by atoms with Crippen molar-refractivity contribution in [3.63, 3.8) is 0 Å². The SMILES string of the molecule is O=C(NCC1COc2ccccc2C1)c1nn(-c2ccccc2F)c2c1CCC2. The molecule has 0 radical (unpaired) electrons. The van der Waals surface area contributed by atoms with Crippen molar-refractivity contribution < 1.29 is 13.9 Å². The van der Waals surface area contributed by atoms with Crippen molar-refractivity contribution in [2.45, 2.75) is 25.7 Å². The van der Waals surface area contributed by atoms with Gasteiger partial charge >= 0.3 is 0 Å². The summed E-state index contributed by atoms with van der Waals surface area (Å²) in [6.07, 6.45) is 3.43. The first-order valence-corrected chi connectivity index (χ1v) is 10.1. The highest BCUT2D eigenvalue weighted by Gasteiger charge is 2.28. The van der Waals surface area contributed by atoms with Crippen molar-refractivity contribution in [1.82, 2.24) is 15.1 Å². The Kier molecular flexibility index (Phi) is 4.54. The van der Waals surface area contributed by atoms with Gasteiger partial charge in [0.1, 0.15) is 17.3 Å². The molecule has 1 atom stereocenters. The monoisotopic (exact) mass is 391 g/mol. The summed E-state index contributed by atoms with van der Waals surface area (Å²) < 4.78 is 21.7. The van der Waals surface area contributed by atoms with Gasteiger partial charge in [-0.3, -0.25) is 4.79 Å². The molecule has 148 valence electrons. The number of halogens is 1. The fraction of sp³-hybridized carbons (Fsp3) is 0.304. The number of fused-ring (bicyclic) bond motifs is 2. The van der Waals surface area contributed by atoms with E-state index in [1.165, 1.54) is 11.6 Å². The van der Waals surface area contributed by atoms with E-state index < -0.39 is 0 Å². The molecule has 1 aliphatic carbocycles. The van der Waals surface area contributed by atoms with Crippen LogP contribution in [0.15, 0.2) is 48.5 Å². The summed E-state index contributed by atoms with van der Waals surface area (Å²) in [7, 11) is 0. The molecule has 0 saturated carbocycles. The van der Waals surface area contributed by atoms with Crippen LogP contribution in [0.5, 0.6) is 5.75 Å². The first-order chi connectivity index (χ1) is 14.2. The van der Waals surface area contributed by atoms with Gasteiger partial charge in [-0.2, -0.15) is 5.10 Å². The summed E-state index contributed by atoms with van der Waals surface area (Å²) in [5, 5.41) is 7.52. The molecule has 1 aromatic heterocycles. The number of benzene rings is 2. The van der Waals surface area contributed by atoms with Crippen molar-refractivity contribution in [2.75, 3.05) is 13.2 Å². The number of ether oxygens (including phenoxy) is 1. The molecule has 2 aromatic carbocycles. The van der Waals surface area contributed by atoms with E-state index >= 15 is 0 Å². The predicted octanol–water partition coefficient (Wildman–Crippen LogP) is 3.48. The second-order valence-corrected chi connectivity index (χ2v) is 7.69. The number of carbonyl (C=O) groups is 1. The minimum absolute atomic E-state index is 0.197. The maximum absolute atomic E-state index is 14.3. The molecular weight excluding hydrogens is 369 g/mol. The first kappa shape index (κ1) is 17.9. The number of nitrogens with one attached hydrogen (secondary N) is 1. The van der Waals surface area contributed by atoms with Crippen LogP contribution in [0.4, 0.5) is 4.39 Å². The molecule has 0 spiro atoms. The molecular formula is C23H22FN3O2. The molecule has 0 bridgehead atoms. The third kappa shape index (κ3) is 3.28. The zero-order valence-corrected chi connectivity index (χ0v) is 16.0. The molecule has 3 aromatic rings. The second kappa shape index (κ2) is 7.35. The van der Waals surface area contributed by atoms with E-state index in [-0.39, 0.29) is 17.6 Å². The van der Waals surface area contributed by atoms with E-state index in [1.807, 2.05) is 18.2 Å². The Hall–Kier alpha value is -3.15. The summed E-state index contributed by atoms with van der Waals surface area (Å²) in [6.45, 7) is 1.10. The van der Waals surface area contributed by atoms with Gasteiger partial charge in [0.05, 0.1) is 6.61 Å². The molecule has 1 aliphatic heterocycles. The number of carbonyl (C=O) groups excluding carboxylic acids is 1. The highest BCUT2D eigenvalue weighted by molar-refractivity contribution is 5.94. The normalized spacial score (nSPS) is 17.3. The van der Waals surface area contributed by atoms with E-state index in [1.54, 1.807) is 22.9 Å². The van der Waals surface area contributed by atoms with Crippen LogP contribution in [0.3, 0.4) is 0 Å². The Morgan fingerprint density at radius 2 is 2.00 bits per heavy atom. The van der Waals surface area contributed by atoms with Gasteiger partial charge in [-0.05, 0) is 49.4 Å². The molecule has 5 nitrogen and oxygen atoms in total. The maximum Gasteiger partial charge on any atom is 0.272 e. The summed E-state index contributed by atoms with van der Waals surface area (Å²) >= 11 is 0. The largest absolute Gasteiger partial charge is 0.493 e. The number of hydrogen-bond donors (Lipinski definition) is 1. The molecule has 1 N–H and O–H groups in total. The van der Waals surface area contributed by atoms with Gasteiger partial charge in [0.2, 0.25) is 0 Å². The third-order valence-corrected chi connectivity index (χ3v) is 5.73. The molecule has 1 unspecified atom stereocenters. The van der Waals surface area contributed by atoms with Crippen LogP contribution in [-0.4, -0.2) is 28.8 Å². The average Bonchev–Trinajstić information content (AvgIpc) is 3.35. The number of rotatable bonds is 4. The van der Waals surface area contributed by atoms with Crippen LogP contribution in [0.25, 0.3) is 5.69 Å². The van der Waals surface area contributed by atoms with Crippen LogP contribution in [0.1, 0.15) is 33.7 Å². The van der Waals surface area contributed by atoms with Crippen molar-refractivity contribution in [3.8, 4) is 11.4 Å². The van der Waals surface area contributed by atoms with Crippen LogP contribution >= 0.6 is 0 Å². The molecule has 6 heteroatoms. The molecule has 0 saturated heterocycles. The quantitative estimate of drug-likeness (QED) is 0.741. The van der Waals surface area contributed by atoms with E-state index in [0.29, 0.717) is 24.5 Å². The summed E-state index contributed by atoms with van der Waals surface area (Å²) in [4.78, 5) is 12.9. The molecule has 29 heavy (non-hydrogen) atoms. The summed E-state index contributed by atoms with van der Waals surface area (Å²) in [5.41, 5.74) is 3.86. The fourth-order valence-electron chi connectivity index (χ4n) is 4.29. The van der Waals surface area contributed by atoms with Crippen LogP contribution in [0, 0.1) is 11.7 Å². The van der Waals surface area contributed by atoms with Crippen molar-refractivity contribution in [3.05, 3.63) is 76.9 Å². The number of hydrogen-bond acceptors (Lipinski definition) is 3. The van der Waals surface area contributed by atoms with Crippen LogP contribution in [0.2, 0.25) is 0 Å². The molecule has 2 heterocycles. The smallest absolute Gasteiger partial charge is 0.272 e. The minimum atomic E-state index is -0.338. The number of para-hydroxylation sites is 2. The summed E-state index contributed by atoms with van der Waals surface area (Å²) in [6, 6.07) is 14.5. The Labute approximate surface area is 168 Å². The van der Waals surface area contributed by atoms with Gasteiger partial charge < -0.3 is 10.1 Å². The first-order valence-electron chi connectivity index (χ1n) is 10.1. The Morgan fingerprint density at radius 3 is 2.90 bits per heavy atom. The molecule has 0 fully saturated rings. The molecule has 5 rings (SSSR count). The third-order valence-electron chi connectivity index (χ3n) is 5.73. The lowest BCUT2D eigenvalue weighted by Gasteiger charge is -2.25. The summed E-state index contributed by atoms with van der Waals surface area (Å²) in [5.74, 6) is 0.610. The Morgan fingerprint density at radius 1 is 1.17 bits per heavy atom. The van der Waals surface area contributed by atoms with Crippen molar-refractivity contribution in [2.24, 2.45) is 5.92 Å². The maximum atomic E-state index is 14.3. The van der Waals surface area contributed by atoms with E-state index in [9.17, 15) is 9.18 Å². The highest BCUT2D eigenvalue weighted by Crippen LogP contribution is 2.29. The van der Waals surface area contributed by atoms with Gasteiger partial charge in [-0.15, -0.1) is 0 Å². The number of amides is 1. The molecule has 2 aliphatic rings. The second-order valence-electron chi connectivity index (χ2n) is 7.69. The lowest BCUT2D eigenvalue weighted by atomic mass is 9.96. The molecule has 1 amide bonds. The number of nitrogens with zero attached hydrogens (tertiary/aromatic N) is 2. The predicted molar refractivity (Wildman–Crippen MR) is 107 cm³/mol. The van der Waals surface area contributed by atoms with Crippen molar-refractivity contribution in [1.29, 1.82) is 0 Å². The lowest BCUT2D eigenvalue weighted by molar-refractivity contribution is 0.0932. The number of aromatic nitrogens is 2. The zero-order chi connectivity index (χ0) is 19.8. The van der Waals surface area contributed by atoms with Gasteiger partial charge in [-0.25, -0.2) is 9.07 Å².